The van der Waals surface area contributed by atoms with Crippen LogP contribution in [0, 0.1) is 16.0 Å². The van der Waals surface area contributed by atoms with E-state index in [4.69, 9.17) is 10.5 Å². The number of anilines is 2. The van der Waals surface area contributed by atoms with E-state index in [1.807, 2.05) is 0 Å². The molecule has 0 amide bonds. The van der Waals surface area contributed by atoms with Gasteiger partial charge in [-0.1, -0.05) is 0 Å². The first-order valence-electron chi connectivity index (χ1n) is 6.13. The standard InChI is InChI=1S/C11H17N5O3/c1-15(5-8-3-2-4-19-6-8)11-9(16(17)18)10(12)13-7-14-11/h7-8H,2-6H2,1H3,(H2,12,13,14). The van der Waals surface area contributed by atoms with Gasteiger partial charge in [0.05, 0.1) is 11.5 Å². The number of rotatable bonds is 4. The van der Waals surface area contributed by atoms with Crippen LogP contribution in [0.4, 0.5) is 17.3 Å². The van der Waals surface area contributed by atoms with Gasteiger partial charge in [-0.25, -0.2) is 9.97 Å². The van der Waals surface area contributed by atoms with Crippen LogP contribution >= 0.6 is 0 Å². The van der Waals surface area contributed by atoms with E-state index in [0.29, 0.717) is 19.1 Å². The Morgan fingerprint density at radius 3 is 3.05 bits per heavy atom. The third kappa shape index (κ3) is 3.08. The van der Waals surface area contributed by atoms with Gasteiger partial charge in [0.2, 0.25) is 11.6 Å². The number of hydrogen-bond donors (Lipinski definition) is 1. The van der Waals surface area contributed by atoms with Gasteiger partial charge in [0.15, 0.2) is 0 Å². The Kier molecular flexibility index (Phi) is 4.10. The fraction of sp³-hybridized carbons (Fsp3) is 0.636. The van der Waals surface area contributed by atoms with Gasteiger partial charge >= 0.3 is 5.69 Å². The first-order chi connectivity index (χ1) is 9.09. The van der Waals surface area contributed by atoms with Crippen LogP contribution in [0.5, 0.6) is 0 Å². The minimum Gasteiger partial charge on any atom is -0.381 e. The van der Waals surface area contributed by atoms with Gasteiger partial charge in [0.25, 0.3) is 0 Å². The normalized spacial score (nSPS) is 19.1. The van der Waals surface area contributed by atoms with Crippen molar-refractivity contribution in [3.63, 3.8) is 0 Å². The van der Waals surface area contributed by atoms with Crippen molar-refractivity contribution in [3.05, 3.63) is 16.4 Å². The molecule has 8 heteroatoms. The molecule has 0 aliphatic carbocycles. The van der Waals surface area contributed by atoms with Crippen molar-refractivity contribution >= 4 is 17.3 Å². The van der Waals surface area contributed by atoms with Gasteiger partial charge < -0.3 is 15.4 Å². The van der Waals surface area contributed by atoms with Gasteiger partial charge in [-0.2, -0.15) is 0 Å². The lowest BCUT2D eigenvalue weighted by atomic mass is 10.0. The molecule has 2 heterocycles. The molecule has 1 unspecified atom stereocenters. The van der Waals surface area contributed by atoms with Crippen molar-refractivity contribution in [1.82, 2.24) is 9.97 Å². The largest absolute Gasteiger partial charge is 0.381 e. The highest BCUT2D eigenvalue weighted by molar-refractivity contribution is 5.68. The third-order valence-corrected chi connectivity index (χ3v) is 3.16. The van der Waals surface area contributed by atoms with Crippen LogP contribution in [0.15, 0.2) is 6.33 Å². The Bertz CT molecular complexity index is 462. The quantitative estimate of drug-likeness (QED) is 0.635. The molecule has 0 spiro atoms. The van der Waals surface area contributed by atoms with Gasteiger partial charge in [-0.05, 0) is 18.8 Å². The maximum Gasteiger partial charge on any atom is 0.353 e. The van der Waals surface area contributed by atoms with Crippen molar-refractivity contribution in [3.8, 4) is 0 Å². The predicted octanol–water partition coefficient (Wildman–Crippen LogP) is 0.830. The zero-order chi connectivity index (χ0) is 13.8. The number of ether oxygens (including phenoxy) is 1. The molecule has 1 aliphatic heterocycles. The fourth-order valence-corrected chi connectivity index (χ4v) is 2.26. The SMILES string of the molecule is CN(CC1CCCOC1)c1ncnc(N)c1[N+](=O)[O-]. The van der Waals surface area contributed by atoms with Crippen molar-refractivity contribution in [1.29, 1.82) is 0 Å². The molecule has 1 aromatic rings. The summed E-state index contributed by atoms with van der Waals surface area (Å²) >= 11 is 0. The summed E-state index contributed by atoms with van der Waals surface area (Å²) in [5.41, 5.74) is 5.31. The predicted molar refractivity (Wildman–Crippen MR) is 69.9 cm³/mol. The first-order valence-corrected chi connectivity index (χ1v) is 6.13. The molecule has 0 saturated carbocycles. The van der Waals surface area contributed by atoms with E-state index >= 15 is 0 Å². The first kappa shape index (κ1) is 13.5. The molecular formula is C11H17N5O3. The van der Waals surface area contributed by atoms with Crippen LogP contribution in [0.2, 0.25) is 0 Å². The van der Waals surface area contributed by atoms with E-state index in [2.05, 4.69) is 9.97 Å². The van der Waals surface area contributed by atoms with Crippen LogP contribution < -0.4 is 10.6 Å². The summed E-state index contributed by atoms with van der Waals surface area (Å²) in [4.78, 5) is 19.9. The molecule has 1 saturated heterocycles. The summed E-state index contributed by atoms with van der Waals surface area (Å²) in [7, 11) is 1.77. The molecule has 1 aromatic heterocycles. The van der Waals surface area contributed by atoms with E-state index in [0.717, 1.165) is 19.4 Å². The summed E-state index contributed by atoms with van der Waals surface area (Å²) in [6.07, 6.45) is 3.32. The van der Waals surface area contributed by atoms with Crippen molar-refractivity contribution in [2.24, 2.45) is 5.92 Å². The second-order valence-electron chi connectivity index (χ2n) is 4.65. The highest BCUT2D eigenvalue weighted by Gasteiger charge is 2.25. The molecule has 2 rings (SSSR count). The van der Waals surface area contributed by atoms with Crippen LogP contribution in [0.1, 0.15) is 12.8 Å². The molecule has 19 heavy (non-hydrogen) atoms. The Hall–Kier alpha value is -1.96. The Morgan fingerprint density at radius 2 is 2.42 bits per heavy atom. The highest BCUT2D eigenvalue weighted by Crippen LogP contribution is 2.29. The van der Waals surface area contributed by atoms with Gasteiger partial charge in [-0.3, -0.25) is 10.1 Å². The molecule has 1 aliphatic rings. The van der Waals surface area contributed by atoms with E-state index in [9.17, 15) is 10.1 Å². The monoisotopic (exact) mass is 267 g/mol. The molecule has 2 N–H and O–H groups in total. The molecule has 8 nitrogen and oxygen atoms in total. The lowest BCUT2D eigenvalue weighted by molar-refractivity contribution is -0.383. The zero-order valence-electron chi connectivity index (χ0n) is 10.8. The van der Waals surface area contributed by atoms with E-state index in [-0.39, 0.29) is 17.3 Å². The summed E-state index contributed by atoms with van der Waals surface area (Å²) in [5, 5.41) is 11.0. The van der Waals surface area contributed by atoms with Gasteiger partial charge in [-0.15, -0.1) is 0 Å². The summed E-state index contributed by atoms with van der Waals surface area (Å²) in [5.74, 6) is 0.499. The average Bonchev–Trinajstić information content (AvgIpc) is 2.39. The minimum absolute atomic E-state index is 0.109. The molecule has 0 aromatic carbocycles. The van der Waals surface area contributed by atoms with Gasteiger partial charge in [0, 0.05) is 20.2 Å². The van der Waals surface area contributed by atoms with Crippen LogP contribution in [0.3, 0.4) is 0 Å². The number of hydrogen-bond acceptors (Lipinski definition) is 7. The molecule has 1 fully saturated rings. The Morgan fingerprint density at radius 1 is 1.63 bits per heavy atom. The topological polar surface area (TPSA) is 107 Å². The van der Waals surface area contributed by atoms with Crippen LogP contribution in [-0.2, 0) is 4.74 Å². The highest BCUT2D eigenvalue weighted by atomic mass is 16.6. The molecule has 0 bridgehead atoms. The molecular weight excluding hydrogens is 250 g/mol. The van der Waals surface area contributed by atoms with Crippen LogP contribution in [0.25, 0.3) is 0 Å². The van der Waals surface area contributed by atoms with Crippen molar-refractivity contribution < 1.29 is 9.66 Å². The summed E-state index contributed by atoms with van der Waals surface area (Å²) in [6.45, 7) is 2.12. The molecule has 104 valence electrons. The fourth-order valence-electron chi connectivity index (χ4n) is 2.26. The van der Waals surface area contributed by atoms with E-state index < -0.39 is 4.92 Å². The third-order valence-electron chi connectivity index (χ3n) is 3.16. The van der Waals surface area contributed by atoms with Crippen molar-refractivity contribution in [2.45, 2.75) is 12.8 Å². The maximum atomic E-state index is 11.0. The molecule has 0 radical (unpaired) electrons. The summed E-state index contributed by atoms with van der Waals surface area (Å²) in [6, 6.07) is 0. The lowest BCUT2D eigenvalue weighted by Crippen LogP contribution is -2.31. The van der Waals surface area contributed by atoms with Gasteiger partial charge in [0.1, 0.15) is 6.33 Å². The second-order valence-corrected chi connectivity index (χ2v) is 4.65. The number of nitrogens with two attached hydrogens (primary N) is 1. The number of nitrogens with zero attached hydrogens (tertiary/aromatic N) is 4. The minimum atomic E-state index is -0.543. The van der Waals surface area contributed by atoms with E-state index in [1.165, 1.54) is 6.33 Å². The van der Waals surface area contributed by atoms with E-state index in [1.54, 1.807) is 11.9 Å². The zero-order valence-corrected chi connectivity index (χ0v) is 10.8. The second kappa shape index (κ2) is 5.79. The number of aromatic nitrogens is 2. The molecule has 1 atom stereocenters. The Labute approximate surface area is 110 Å². The smallest absolute Gasteiger partial charge is 0.353 e. The lowest BCUT2D eigenvalue weighted by Gasteiger charge is -2.27. The Balaban J connectivity index is 2.16. The number of nitro groups is 1. The number of nitrogen functional groups attached to an aromatic ring is 1. The maximum absolute atomic E-state index is 11.0. The van der Waals surface area contributed by atoms with Crippen LogP contribution in [-0.4, -0.2) is 41.7 Å². The summed E-state index contributed by atoms with van der Waals surface area (Å²) < 4.78 is 5.40. The van der Waals surface area contributed by atoms with Crippen molar-refractivity contribution in [2.75, 3.05) is 37.4 Å². The average molecular weight is 267 g/mol.